The average molecular weight is 850 g/mol. The third-order valence-electron chi connectivity index (χ3n) is 10.4. The van der Waals surface area contributed by atoms with E-state index in [2.05, 4.69) is 21.4 Å². The molecule has 4 unspecified atom stereocenters. The lowest BCUT2D eigenvalue weighted by molar-refractivity contribution is -0.149. The van der Waals surface area contributed by atoms with Crippen LogP contribution in [0.4, 0.5) is 0 Å². The van der Waals surface area contributed by atoms with E-state index in [1.165, 1.54) is 19.3 Å². The summed E-state index contributed by atoms with van der Waals surface area (Å²) in [6.07, 6.45) is 7.70. The molecule has 2 aromatic rings. The Balaban J connectivity index is 1.43. The summed E-state index contributed by atoms with van der Waals surface area (Å²) in [6.45, 7) is 13.7. The Morgan fingerprint density at radius 1 is 0.828 bits per heavy atom. The van der Waals surface area contributed by atoms with Crippen molar-refractivity contribution in [3.8, 4) is 0 Å². The minimum atomic E-state index is -3.71. The second-order valence-corrected chi connectivity index (χ2v) is 19.3. The Morgan fingerprint density at radius 2 is 1.47 bits per heavy atom. The van der Waals surface area contributed by atoms with Gasteiger partial charge in [0.15, 0.2) is 12.2 Å². The van der Waals surface area contributed by atoms with E-state index >= 15 is 0 Å². The van der Waals surface area contributed by atoms with Gasteiger partial charge in [0.25, 0.3) is 11.8 Å². The van der Waals surface area contributed by atoms with E-state index < -0.39 is 46.2 Å². The Bertz CT molecular complexity index is 1690. The first-order valence-electron chi connectivity index (χ1n) is 21.2. The fourth-order valence-electron chi connectivity index (χ4n) is 7.17. The van der Waals surface area contributed by atoms with Crippen LogP contribution in [0, 0.1) is 5.92 Å². The molecule has 6 atom stereocenters. The number of carbonyl (C=O) groups is 3. The van der Waals surface area contributed by atoms with Gasteiger partial charge >= 0.3 is 5.97 Å². The van der Waals surface area contributed by atoms with Gasteiger partial charge in [-0.1, -0.05) is 69.7 Å². The van der Waals surface area contributed by atoms with Crippen molar-refractivity contribution in [3.63, 3.8) is 0 Å². The Labute approximate surface area is 351 Å². The number of esters is 1. The van der Waals surface area contributed by atoms with E-state index in [0.29, 0.717) is 31.8 Å². The maximum absolute atomic E-state index is 13.1. The standard InChI is InChI=1S/C43H71N5O8S2/c1-8-54-43(51)30(6)48-42(50)40(56-29(4)5)38(45)31(7)57-24-21-33-17-18-35-27-36(20-19-34(35)25-33)58(52,53)47-23-14-10-13-22-46-41(49)39(55-28(2)3)37(44)26-32-15-11-9-12-16-32/h17-20,25,27-32,37-40,47H,8-16,21-24,26,44-45H2,1-7H3,(H,46,49)(H,48,50)/t30-,31?,37?,38+,39?,40?/m1/s1. The van der Waals surface area contributed by atoms with Crippen LogP contribution in [0.1, 0.15) is 112 Å². The molecule has 0 radical (unpaired) electrons. The molecule has 2 aromatic carbocycles. The molecule has 1 saturated carbocycles. The van der Waals surface area contributed by atoms with Gasteiger partial charge in [0.1, 0.15) is 6.04 Å². The molecule has 3 rings (SSSR count). The van der Waals surface area contributed by atoms with Crippen molar-refractivity contribution < 1.29 is 37.0 Å². The van der Waals surface area contributed by atoms with E-state index in [1.807, 2.05) is 52.8 Å². The summed E-state index contributed by atoms with van der Waals surface area (Å²) in [4.78, 5) is 38.4. The second-order valence-electron chi connectivity index (χ2n) is 16.1. The van der Waals surface area contributed by atoms with Gasteiger partial charge in [0.05, 0.1) is 29.8 Å². The van der Waals surface area contributed by atoms with Crippen molar-refractivity contribution in [2.75, 3.05) is 25.4 Å². The number of fused-ring (bicyclic) bond motifs is 1. The van der Waals surface area contributed by atoms with Crippen molar-refractivity contribution >= 4 is 50.3 Å². The quantitative estimate of drug-likeness (QED) is 0.0604. The van der Waals surface area contributed by atoms with Crippen LogP contribution in [0.15, 0.2) is 41.3 Å². The molecule has 13 nitrogen and oxygen atoms in total. The SMILES string of the molecule is CCOC(=O)[C@@H](C)NC(=O)C(OC(C)C)[C@@H](N)C(C)SCCc1ccc2cc(S(=O)(=O)NCCCCCNC(=O)C(OC(C)C)C(N)CC3CCCCC3)ccc2c1. The molecule has 0 aliphatic heterocycles. The topological polar surface area (TPSA) is 201 Å². The number of sulfonamides is 1. The number of unbranched alkanes of at least 4 members (excludes halogenated alkanes) is 2. The molecule has 0 spiro atoms. The first-order valence-corrected chi connectivity index (χ1v) is 23.8. The van der Waals surface area contributed by atoms with Gasteiger partial charge in [0.2, 0.25) is 10.0 Å². The molecule has 0 bridgehead atoms. The normalized spacial score (nSPS) is 17.1. The Morgan fingerprint density at radius 3 is 2.14 bits per heavy atom. The fourth-order valence-corrected chi connectivity index (χ4v) is 9.37. The number of amides is 2. The largest absolute Gasteiger partial charge is 0.464 e. The lowest BCUT2D eigenvalue weighted by atomic mass is 9.84. The number of hydrogen-bond donors (Lipinski definition) is 5. The summed E-state index contributed by atoms with van der Waals surface area (Å²) in [5.41, 5.74) is 14.1. The first kappa shape index (κ1) is 49.6. The fraction of sp³-hybridized carbons (Fsp3) is 0.698. The molecule has 2 amide bonds. The predicted octanol–water partition coefficient (Wildman–Crippen LogP) is 5.35. The number of ether oxygens (including phenoxy) is 3. The zero-order valence-electron chi connectivity index (χ0n) is 35.8. The second kappa shape index (κ2) is 25.1. The van der Waals surface area contributed by atoms with Crippen LogP contribution < -0.4 is 26.8 Å². The van der Waals surface area contributed by atoms with Crippen molar-refractivity contribution in [3.05, 3.63) is 42.0 Å². The van der Waals surface area contributed by atoms with Crippen molar-refractivity contribution in [2.45, 2.75) is 165 Å². The lowest BCUT2D eigenvalue weighted by Crippen LogP contribution is -2.55. The summed E-state index contributed by atoms with van der Waals surface area (Å²) in [6, 6.07) is 9.32. The van der Waals surface area contributed by atoms with Crippen LogP contribution >= 0.6 is 11.8 Å². The maximum Gasteiger partial charge on any atom is 0.328 e. The number of nitrogens with one attached hydrogen (secondary N) is 3. The van der Waals surface area contributed by atoms with Gasteiger partial charge in [-0.25, -0.2) is 17.9 Å². The van der Waals surface area contributed by atoms with Crippen LogP contribution in [-0.2, 0) is 45.0 Å². The molecular weight excluding hydrogens is 779 g/mol. The van der Waals surface area contributed by atoms with Crippen LogP contribution in [0.5, 0.6) is 0 Å². The molecule has 1 aliphatic carbocycles. The van der Waals surface area contributed by atoms with Gasteiger partial charge in [-0.05, 0) is 107 Å². The number of nitrogens with two attached hydrogens (primary N) is 2. The van der Waals surface area contributed by atoms with Gasteiger partial charge in [-0.3, -0.25) is 9.59 Å². The van der Waals surface area contributed by atoms with E-state index in [0.717, 1.165) is 54.2 Å². The summed E-state index contributed by atoms with van der Waals surface area (Å²) in [7, 11) is -3.71. The highest BCUT2D eigenvalue weighted by Crippen LogP contribution is 2.28. The number of carbonyl (C=O) groups excluding carboxylic acids is 3. The highest BCUT2D eigenvalue weighted by molar-refractivity contribution is 7.99. The van der Waals surface area contributed by atoms with Crippen LogP contribution in [-0.4, -0.2) is 99.4 Å². The molecule has 0 saturated heterocycles. The zero-order chi connectivity index (χ0) is 42.8. The van der Waals surface area contributed by atoms with Crippen LogP contribution in [0.3, 0.4) is 0 Å². The van der Waals surface area contributed by atoms with Gasteiger partial charge < -0.3 is 36.3 Å². The van der Waals surface area contributed by atoms with Crippen LogP contribution in [0.25, 0.3) is 10.8 Å². The smallest absolute Gasteiger partial charge is 0.328 e. The summed E-state index contributed by atoms with van der Waals surface area (Å²) in [5.74, 6) is 0.136. The molecule has 15 heteroatoms. The van der Waals surface area contributed by atoms with E-state index in [1.54, 1.807) is 37.7 Å². The van der Waals surface area contributed by atoms with Crippen molar-refractivity contribution in [2.24, 2.45) is 17.4 Å². The molecule has 7 N–H and O–H groups in total. The molecule has 1 aliphatic rings. The molecule has 0 aromatic heterocycles. The van der Waals surface area contributed by atoms with Gasteiger partial charge in [-0.15, -0.1) is 0 Å². The number of rotatable bonds is 26. The van der Waals surface area contributed by atoms with E-state index in [-0.39, 0.29) is 40.9 Å². The minimum Gasteiger partial charge on any atom is -0.464 e. The predicted molar refractivity (Wildman–Crippen MR) is 233 cm³/mol. The van der Waals surface area contributed by atoms with E-state index in [9.17, 15) is 22.8 Å². The van der Waals surface area contributed by atoms with Crippen molar-refractivity contribution in [1.82, 2.24) is 15.4 Å². The third-order valence-corrected chi connectivity index (χ3v) is 13.1. The highest BCUT2D eigenvalue weighted by atomic mass is 32.2. The highest BCUT2D eigenvalue weighted by Gasteiger charge is 2.34. The Kier molecular flexibility index (Phi) is 21.4. The van der Waals surface area contributed by atoms with Crippen molar-refractivity contribution in [1.29, 1.82) is 0 Å². The zero-order valence-corrected chi connectivity index (χ0v) is 37.4. The average Bonchev–Trinajstić information content (AvgIpc) is 3.18. The third kappa shape index (κ3) is 16.7. The van der Waals surface area contributed by atoms with Crippen LogP contribution in [0.2, 0.25) is 0 Å². The molecule has 58 heavy (non-hydrogen) atoms. The summed E-state index contributed by atoms with van der Waals surface area (Å²) < 4.78 is 45.9. The molecular formula is C43H71N5O8S2. The van der Waals surface area contributed by atoms with Gasteiger partial charge in [0, 0.05) is 24.4 Å². The van der Waals surface area contributed by atoms with E-state index in [4.69, 9.17) is 25.7 Å². The maximum atomic E-state index is 13.1. The lowest BCUT2D eigenvalue weighted by Gasteiger charge is -2.30. The first-order chi connectivity index (χ1) is 27.5. The van der Waals surface area contributed by atoms with Gasteiger partial charge in [-0.2, -0.15) is 11.8 Å². The minimum absolute atomic E-state index is 0.109. The molecule has 0 heterocycles. The summed E-state index contributed by atoms with van der Waals surface area (Å²) >= 11 is 1.63. The number of benzene rings is 2. The Hall–Kier alpha value is -2.79. The number of hydrogen-bond acceptors (Lipinski definition) is 11. The monoisotopic (exact) mass is 849 g/mol. The summed E-state index contributed by atoms with van der Waals surface area (Å²) in [5, 5.41) is 7.28. The number of thioether (sulfide) groups is 1. The molecule has 1 fully saturated rings. The molecule has 328 valence electrons. The number of aryl methyl sites for hydroxylation is 1.